The summed E-state index contributed by atoms with van der Waals surface area (Å²) < 4.78 is 2.41. The second kappa shape index (κ2) is 7.07. The quantitative estimate of drug-likeness (QED) is 0.940. The molecule has 0 spiro atoms. The van der Waals surface area contributed by atoms with Crippen molar-refractivity contribution in [1.29, 1.82) is 0 Å². The fourth-order valence-electron chi connectivity index (χ4n) is 3.59. The number of carbonyl (C=O) groups excluding carboxylic acids is 1. The summed E-state index contributed by atoms with van der Waals surface area (Å²) in [6.45, 7) is 8.44. The zero-order chi connectivity index (χ0) is 17.1. The van der Waals surface area contributed by atoms with Crippen molar-refractivity contribution in [2.45, 2.75) is 46.2 Å². The molecule has 0 radical (unpaired) electrons. The van der Waals surface area contributed by atoms with E-state index in [9.17, 15) is 4.79 Å². The largest absolute Gasteiger partial charge is 0.346 e. The van der Waals surface area contributed by atoms with Crippen LogP contribution in [0.25, 0.3) is 0 Å². The van der Waals surface area contributed by atoms with Gasteiger partial charge in [-0.2, -0.15) is 0 Å². The topological polar surface area (TPSA) is 50.2 Å². The summed E-state index contributed by atoms with van der Waals surface area (Å²) in [5, 5.41) is 3.02. The summed E-state index contributed by atoms with van der Waals surface area (Å²) in [4.78, 5) is 18.5. The van der Waals surface area contributed by atoms with E-state index in [4.69, 9.17) is 0 Å². The van der Waals surface area contributed by atoms with Gasteiger partial charge in [-0.05, 0) is 63.4 Å². The predicted molar refractivity (Wildman–Crippen MR) is 95.0 cm³/mol. The van der Waals surface area contributed by atoms with Crippen LogP contribution in [-0.4, -0.2) is 33.6 Å². The summed E-state index contributed by atoms with van der Waals surface area (Å²) >= 11 is 0. The average molecular weight is 326 g/mol. The lowest BCUT2D eigenvalue weighted by molar-refractivity contribution is 0.170. The van der Waals surface area contributed by atoms with Crippen LogP contribution in [0, 0.1) is 20.8 Å². The predicted octanol–water partition coefficient (Wildman–Crippen LogP) is 3.36. The van der Waals surface area contributed by atoms with E-state index in [2.05, 4.69) is 40.8 Å². The van der Waals surface area contributed by atoms with Crippen LogP contribution in [0.2, 0.25) is 0 Å². The molecule has 2 aromatic rings. The number of amides is 2. The molecule has 24 heavy (non-hydrogen) atoms. The maximum absolute atomic E-state index is 12.4. The highest BCUT2D eigenvalue weighted by Crippen LogP contribution is 2.26. The lowest BCUT2D eigenvalue weighted by Gasteiger charge is -2.34. The van der Waals surface area contributed by atoms with Crippen LogP contribution in [-0.2, 0) is 6.54 Å². The molecule has 1 aliphatic heterocycles. The van der Waals surface area contributed by atoms with Gasteiger partial charge in [0.05, 0.1) is 0 Å². The minimum absolute atomic E-state index is 0.0314. The number of aromatic nitrogens is 2. The molecule has 0 atom stereocenters. The molecule has 3 rings (SSSR count). The Bertz CT molecular complexity index is 694. The van der Waals surface area contributed by atoms with Crippen molar-refractivity contribution in [2.24, 2.45) is 0 Å². The molecule has 0 saturated carbocycles. The molecule has 0 unspecified atom stereocenters. The molecule has 0 bridgehead atoms. The Morgan fingerprint density at radius 1 is 1.17 bits per heavy atom. The van der Waals surface area contributed by atoms with Gasteiger partial charge in [-0.1, -0.05) is 0 Å². The van der Waals surface area contributed by atoms with Crippen LogP contribution >= 0.6 is 0 Å². The van der Waals surface area contributed by atoms with Crippen molar-refractivity contribution in [2.75, 3.05) is 13.1 Å². The molecular formula is C19H26N4O. The van der Waals surface area contributed by atoms with E-state index >= 15 is 0 Å². The lowest BCUT2D eigenvalue weighted by Crippen LogP contribution is -2.44. The summed E-state index contributed by atoms with van der Waals surface area (Å²) in [5.41, 5.74) is 4.68. The molecule has 2 aromatic heterocycles. The third-order valence-electron chi connectivity index (χ3n) is 4.85. The van der Waals surface area contributed by atoms with E-state index in [-0.39, 0.29) is 6.03 Å². The average Bonchev–Trinajstić information content (AvgIpc) is 2.92. The van der Waals surface area contributed by atoms with E-state index in [0.717, 1.165) is 37.2 Å². The van der Waals surface area contributed by atoms with Crippen molar-refractivity contribution in [3.05, 3.63) is 53.1 Å². The zero-order valence-electron chi connectivity index (χ0n) is 14.7. The smallest absolute Gasteiger partial charge is 0.317 e. The molecule has 1 fully saturated rings. The minimum Gasteiger partial charge on any atom is -0.346 e. The number of hydrogen-bond donors (Lipinski definition) is 1. The Morgan fingerprint density at radius 3 is 2.46 bits per heavy atom. The summed E-state index contributed by atoms with van der Waals surface area (Å²) in [5.74, 6) is 0. The van der Waals surface area contributed by atoms with Gasteiger partial charge < -0.3 is 14.8 Å². The number of carbonyl (C=O) groups is 1. The van der Waals surface area contributed by atoms with Gasteiger partial charge in [-0.15, -0.1) is 0 Å². The van der Waals surface area contributed by atoms with Crippen LogP contribution in [0.15, 0.2) is 30.5 Å². The highest BCUT2D eigenvalue weighted by molar-refractivity contribution is 5.74. The van der Waals surface area contributed by atoms with Gasteiger partial charge in [-0.25, -0.2) is 4.79 Å². The highest BCUT2D eigenvalue weighted by Gasteiger charge is 2.24. The molecule has 2 amide bonds. The van der Waals surface area contributed by atoms with Gasteiger partial charge in [0, 0.05) is 49.0 Å². The van der Waals surface area contributed by atoms with Crippen molar-refractivity contribution < 1.29 is 4.79 Å². The number of nitrogens with one attached hydrogen (secondary N) is 1. The first-order chi connectivity index (χ1) is 11.5. The number of piperidine rings is 1. The number of pyridine rings is 1. The minimum atomic E-state index is 0.0314. The Labute approximate surface area is 143 Å². The second-order valence-electron chi connectivity index (χ2n) is 6.67. The number of hydrogen-bond acceptors (Lipinski definition) is 2. The Hall–Kier alpha value is -2.30. The number of urea groups is 1. The van der Waals surface area contributed by atoms with Crippen molar-refractivity contribution in [1.82, 2.24) is 19.8 Å². The van der Waals surface area contributed by atoms with E-state index in [0.29, 0.717) is 12.6 Å². The Morgan fingerprint density at radius 2 is 1.83 bits per heavy atom. The van der Waals surface area contributed by atoms with Gasteiger partial charge >= 0.3 is 6.03 Å². The van der Waals surface area contributed by atoms with Crippen LogP contribution in [0.5, 0.6) is 0 Å². The van der Waals surface area contributed by atoms with Gasteiger partial charge in [-0.3, -0.25) is 4.98 Å². The third-order valence-corrected chi connectivity index (χ3v) is 4.85. The van der Waals surface area contributed by atoms with Crippen LogP contribution in [0.3, 0.4) is 0 Å². The Kier molecular flexibility index (Phi) is 4.88. The standard InChI is InChI=1S/C19H26N4O/c1-14-12-17(6-9-20-14)13-21-19(24)22-10-7-18(8-11-22)23-15(2)4-5-16(23)3/h4-6,9,12,18H,7-8,10-11,13H2,1-3H3,(H,21,24). The molecule has 1 saturated heterocycles. The molecule has 5 nitrogen and oxygen atoms in total. The number of nitrogens with zero attached hydrogens (tertiary/aromatic N) is 3. The first-order valence-electron chi connectivity index (χ1n) is 8.63. The molecule has 128 valence electrons. The second-order valence-corrected chi connectivity index (χ2v) is 6.67. The summed E-state index contributed by atoms with van der Waals surface area (Å²) in [7, 11) is 0. The summed E-state index contributed by atoms with van der Waals surface area (Å²) in [6.07, 6.45) is 3.81. The molecule has 1 aliphatic rings. The number of aryl methyl sites for hydroxylation is 3. The first-order valence-corrected chi connectivity index (χ1v) is 8.63. The van der Waals surface area contributed by atoms with Crippen molar-refractivity contribution in [3.63, 3.8) is 0 Å². The Balaban J connectivity index is 1.52. The van der Waals surface area contributed by atoms with Crippen LogP contribution < -0.4 is 5.32 Å². The molecule has 1 N–H and O–H groups in total. The van der Waals surface area contributed by atoms with Gasteiger partial charge in [0.15, 0.2) is 0 Å². The lowest BCUT2D eigenvalue weighted by atomic mass is 10.0. The van der Waals surface area contributed by atoms with Gasteiger partial charge in [0.25, 0.3) is 0 Å². The normalized spacial score (nSPS) is 15.5. The number of rotatable bonds is 3. The fourth-order valence-corrected chi connectivity index (χ4v) is 3.59. The van der Waals surface area contributed by atoms with Crippen LogP contribution in [0.1, 0.15) is 41.5 Å². The summed E-state index contributed by atoms with van der Waals surface area (Å²) in [6, 6.07) is 8.83. The molecular weight excluding hydrogens is 300 g/mol. The van der Waals surface area contributed by atoms with Crippen LogP contribution in [0.4, 0.5) is 4.79 Å². The zero-order valence-corrected chi connectivity index (χ0v) is 14.7. The highest BCUT2D eigenvalue weighted by atomic mass is 16.2. The SMILES string of the molecule is Cc1cc(CNC(=O)N2CCC(n3c(C)ccc3C)CC2)ccn1. The van der Waals surface area contributed by atoms with E-state index in [1.807, 2.05) is 24.0 Å². The first kappa shape index (κ1) is 16.6. The maximum atomic E-state index is 12.4. The fraction of sp³-hybridized carbons (Fsp3) is 0.474. The molecule has 5 heteroatoms. The van der Waals surface area contributed by atoms with E-state index in [1.165, 1.54) is 11.4 Å². The monoisotopic (exact) mass is 326 g/mol. The van der Waals surface area contributed by atoms with Crippen molar-refractivity contribution >= 4 is 6.03 Å². The van der Waals surface area contributed by atoms with Gasteiger partial charge in [0.2, 0.25) is 0 Å². The van der Waals surface area contributed by atoms with Crippen molar-refractivity contribution in [3.8, 4) is 0 Å². The van der Waals surface area contributed by atoms with Gasteiger partial charge in [0.1, 0.15) is 0 Å². The van der Waals surface area contributed by atoms with E-state index < -0.39 is 0 Å². The van der Waals surface area contributed by atoms with E-state index in [1.54, 1.807) is 6.20 Å². The molecule has 0 aliphatic carbocycles. The molecule has 0 aromatic carbocycles. The maximum Gasteiger partial charge on any atom is 0.317 e. The number of likely N-dealkylation sites (tertiary alicyclic amines) is 1. The third kappa shape index (κ3) is 3.61. The molecule has 3 heterocycles.